The molecule has 0 saturated heterocycles. The van der Waals surface area contributed by atoms with E-state index < -0.39 is 11.4 Å². The third-order valence-corrected chi connectivity index (χ3v) is 4.79. The van der Waals surface area contributed by atoms with Gasteiger partial charge < -0.3 is 14.2 Å². The molecule has 0 radical (unpaired) electrons. The molecule has 0 aliphatic rings. The van der Waals surface area contributed by atoms with E-state index in [2.05, 4.69) is 10.1 Å². The van der Waals surface area contributed by atoms with E-state index in [0.29, 0.717) is 23.3 Å². The second-order valence-corrected chi connectivity index (χ2v) is 6.68. The molecule has 2 heterocycles. The van der Waals surface area contributed by atoms with Crippen molar-refractivity contribution in [3.63, 3.8) is 0 Å². The third-order valence-electron chi connectivity index (χ3n) is 4.79. The molecule has 142 valence electrons. The Balaban J connectivity index is 1.96. The summed E-state index contributed by atoms with van der Waals surface area (Å²) in [5.41, 5.74) is 2.48. The zero-order valence-electron chi connectivity index (χ0n) is 15.7. The summed E-state index contributed by atoms with van der Waals surface area (Å²) in [6, 6.07) is 9.74. The van der Waals surface area contributed by atoms with Crippen molar-refractivity contribution in [2.45, 2.75) is 27.3 Å². The first-order chi connectivity index (χ1) is 13.4. The summed E-state index contributed by atoms with van der Waals surface area (Å²) < 4.78 is 20.4. The minimum absolute atomic E-state index is 0.0770. The number of aryl methyl sites for hydroxylation is 3. The fraction of sp³-hybridized carbons (Fsp3) is 0.190. The van der Waals surface area contributed by atoms with E-state index in [1.54, 1.807) is 6.92 Å². The lowest BCUT2D eigenvalue weighted by molar-refractivity contribution is 0.425. The molecule has 0 aliphatic heterocycles. The van der Waals surface area contributed by atoms with Crippen LogP contribution >= 0.6 is 0 Å². The number of benzene rings is 2. The Morgan fingerprint density at radius 3 is 2.71 bits per heavy atom. The maximum Gasteiger partial charge on any atom is 0.267 e. The summed E-state index contributed by atoms with van der Waals surface area (Å²) in [5, 5.41) is 15.0. The maximum atomic E-state index is 13.7. The molecule has 0 amide bonds. The van der Waals surface area contributed by atoms with E-state index >= 15 is 0 Å². The van der Waals surface area contributed by atoms with Crippen LogP contribution in [0.1, 0.15) is 18.1 Å². The number of rotatable bonds is 3. The number of hydrogen-bond donors (Lipinski definition) is 1. The third kappa shape index (κ3) is 2.76. The zero-order chi connectivity index (χ0) is 20.0. The lowest BCUT2D eigenvalue weighted by Crippen LogP contribution is -2.21. The lowest BCUT2D eigenvalue weighted by Gasteiger charge is -2.11. The van der Waals surface area contributed by atoms with Crippen molar-refractivity contribution in [1.29, 1.82) is 0 Å². The summed E-state index contributed by atoms with van der Waals surface area (Å²) in [7, 11) is 0. The Kier molecular flexibility index (Phi) is 4.22. The van der Waals surface area contributed by atoms with Gasteiger partial charge in [0.1, 0.15) is 17.1 Å². The van der Waals surface area contributed by atoms with Crippen LogP contribution in [0.25, 0.3) is 33.7 Å². The first-order valence-corrected chi connectivity index (χ1v) is 8.87. The smallest absolute Gasteiger partial charge is 0.267 e. The molecule has 2 aromatic carbocycles. The minimum atomic E-state index is -0.519. The minimum Gasteiger partial charge on any atom is -0.506 e. The van der Waals surface area contributed by atoms with Gasteiger partial charge in [0.15, 0.2) is 0 Å². The van der Waals surface area contributed by atoms with Gasteiger partial charge in [0, 0.05) is 17.5 Å². The van der Waals surface area contributed by atoms with Crippen molar-refractivity contribution in [2.24, 2.45) is 0 Å². The molecular formula is C21H18FN3O3. The molecule has 0 bridgehead atoms. The fourth-order valence-corrected chi connectivity index (χ4v) is 3.33. The van der Waals surface area contributed by atoms with Crippen LogP contribution in [0.4, 0.5) is 4.39 Å². The van der Waals surface area contributed by atoms with Gasteiger partial charge in [0.25, 0.3) is 11.4 Å². The van der Waals surface area contributed by atoms with Crippen molar-refractivity contribution in [3.05, 3.63) is 63.7 Å². The Morgan fingerprint density at radius 2 is 1.96 bits per heavy atom. The van der Waals surface area contributed by atoms with Crippen LogP contribution in [0, 0.1) is 19.7 Å². The molecule has 0 aliphatic carbocycles. The standard InChI is InChI=1S/C21H18FN3O3/c1-4-25-16-10-13(22)7-8-14(16)18(26)17(21(25)27)20-23-19(24-28-20)15-9-11(2)5-6-12(15)3/h5-10,26H,4H2,1-3H3. The second-order valence-electron chi connectivity index (χ2n) is 6.68. The average Bonchev–Trinajstić information content (AvgIpc) is 3.13. The van der Waals surface area contributed by atoms with Gasteiger partial charge in [-0.05, 0) is 50.6 Å². The molecule has 0 fully saturated rings. The molecule has 0 saturated carbocycles. The average molecular weight is 379 g/mol. The topological polar surface area (TPSA) is 81.2 Å². The molecule has 6 nitrogen and oxygen atoms in total. The van der Waals surface area contributed by atoms with E-state index in [-0.39, 0.29) is 17.2 Å². The zero-order valence-corrected chi connectivity index (χ0v) is 15.7. The van der Waals surface area contributed by atoms with Crippen LogP contribution in [0.2, 0.25) is 0 Å². The molecule has 0 spiro atoms. The lowest BCUT2D eigenvalue weighted by atomic mass is 10.1. The Labute approximate surface area is 159 Å². The summed E-state index contributed by atoms with van der Waals surface area (Å²) in [6.07, 6.45) is 0. The maximum absolute atomic E-state index is 13.7. The Hall–Kier alpha value is -3.48. The van der Waals surface area contributed by atoms with E-state index in [9.17, 15) is 14.3 Å². The number of halogens is 1. The van der Waals surface area contributed by atoms with Gasteiger partial charge in [-0.3, -0.25) is 4.79 Å². The molecule has 7 heteroatoms. The number of aromatic hydroxyl groups is 1. The first-order valence-electron chi connectivity index (χ1n) is 8.87. The van der Waals surface area contributed by atoms with Gasteiger partial charge in [-0.1, -0.05) is 22.9 Å². The van der Waals surface area contributed by atoms with E-state index in [4.69, 9.17) is 4.52 Å². The largest absolute Gasteiger partial charge is 0.506 e. The second kappa shape index (κ2) is 6.60. The Morgan fingerprint density at radius 1 is 1.18 bits per heavy atom. The molecule has 2 aromatic heterocycles. The van der Waals surface area contributed by atoms with Crippen LogP contribution in [0.3, 0.4) is 0 Å². The number of fused-ring (bicyclic) bond motifs is 1. The van der Waals surface area contributed by atoms with Crippen molar-refractivity contribution in [3.8, 4) is 28.6 Å². The highest BCUT2D eigenvalue weighted by atomic mass is 19.1. The predicted octanol–water partition coefficient (Wildman–Crippen LogP) is 4.20. The van der Waals surface area contributed by atoms with Crippen molar-refractivity contribution < 1.29 is 14.0 Å². The molecule has 28 heavy (non-hydrogen) atoms. The summed E-state index contributed by atoms with van der Waals surface area (Å²) in [4.78, 5) is 17.3. The van der Waals surface area contributed by atoms with Crippen LogP contribution in [-0.4, -0.2) is 19.8 Å². The van der Waals surface area contributed by atoms with E-state index in [0.717, 1.165) is 16.7 Å². The summed E-state index contributed by atoms with van der Waals surface area (Å²) in [6.45, 7) is 5.95. The molecule has 0 atom stereocenters. The van der Waals surface area contributed by atoms with Gasteiger partial charge in [0.2, 0.25) is 5.82 Å². The van der Waals surface area contributed by atoms with Crippen molar-refractivity contribution >= 4 is 10.9 Å². The first kappa shape index (κ1) is 17.9. The van der Waals surface area contributed by atoms with Crippen LogP contribution in [-0.2, 0) is 6.54 Å². The fourth-order valence-electron chi connectivity index (χ4n) is 3.33. The monoisotopic (exact) mass is 379 g/mol. The molecular weight excluding hydrogens is 361 g/mol. The highest BCUT2D eigenvalue weighted by Gasteiger charge is 2.23. The highest BCUT2D eigenvalue weighted by molar-refractivity contribution is 5.91. The molecule has 0 unspecified atom stereocenters. The molecule has 1 N–H and O–H groups in total. The number of hydrogen-bond acceptors (Lipinski definition) is 5. The quantitative estimate of drug-likeness (QED) is 0.577. The number of nitrogens with zero attached hydrogens (tertiary/aromatic N) is 3. The van der Waals surface area contributed by atoms with E-state index in [1.165, 1.54) is 22.8 Å². The van der Waals surface area contributed by atoms with Crippen molar-refractivity contribution in [2.75, 3.05) is 0 Å². The number of pyridine rings is 1. The number of aromatic nitrogens is 3. The van der Waals surface area contributed by atoms with Gasteiger partial charge in [-0.25, -0.2) is 4.39 Å². The van der Waals surface area contributed by atoms with E-state index in [1.807, 2.05) is 32.0 Å². The van der Waals surface area contributed by atoms with Crippen LogP contribution in [0.15, 0.2) is 45.7 Å². The molecule has 4 rings (SSSR count). The van der Waals surface area contributed by atoms with Gasteiger partial charge >= 0.3 is 0 Å². The summed E-state index contributed by atoms with van der Waals surface area (Å²) in [5.74, 6) is -0.541. The van der Waals surface area contributed by atoms with Crippen LogP contribution < -0.4 is 5.56 Å². The Bertz CT molecular complexity index is 1270. The van der Waals surface area contributed by atoms with Gasteiger partial charge in [0.05, 0.1) is 5.52 Å². The predicted molar refractivity (Wildman–Crippen MR) is 104 cm³/mol. The normalized spacial score (nSPS) is 11.3. The SMILES string of the molecule is CCn1c(=O)c(-c2nc(-c3cc(C)ccc3C)no2)c(O)c2ccc(F)cc21. The van der Waals surface area contributed by atoms with Crippen molar-refractivity contribution in [1.82, 2.24) is 14.7 Å². The van der Waals surface area contributed by atoms with Gasteiger partial charge in [-0.2, -0.15) is 4.98 Å². The van der Waals surface area contributed by atoms with Gasteiger partial charge in [-0.15, -0.1) is 0 Å². The molecule has 4 aromatic rings. The highest BCUT2D eigenvalue weighted by Crippen LogP contribution is 2.34. The van der Waals surface area contributed by atoms with Crippen LogP contribution in [0.5, 0.6) is 5.75 Å². The summed E-state index contributed by atoms with van der Waals surface area (Å²) >= 11 is 0.